The van der Waals surface area contributed by atoms with Gasteiger partial charge < -0.3 is 5.73 Å². The van der Waals surface area contributed by atoms with Gasteiger partial charge in [-0.15, -0.1) is 0 Å². The number of hydrogen-bond acceptors (Lipinski definition) is 4. The molecule has 0 bridgehead atoms. The molecule has 0 radical (unpaired) electrons. The molecule has 1 atom stereocenters. The van der Waals surface area contributed by atoms with Crippen molar-refractivity contribution >= 4 is 17.6 Å². The summed E-state index contributed by atoms with van der Waals surface area (Å²) in [5.74, 6) is -0.195. The van der Waals surface area contributed by atoms with Crippen LogP contribution in [0.15, 0.2) is 40.3 Å². The molecule has 0 aliphatic carbocycles. The molecule has 1 aromatic carbocycles. The number of nitrogens with two attached hydrogens (primary N) is 1. The topological polar surface area (TPSA) is 71.0 Å². The lowest BCUT2D eigenvalue weighted by Crippen LogP contribution is -2.45. The molecule has 19 heavy (non-hydrogen) atoms. The van der Waals surface area contributed by atoms with E-state index in [-0.39, 0.29) is 17.8 Å². The van der Waals surface area contributed by atoms with E-state index in [1.165, 1.54) is 5.56 Å². The number of likely N-dealkylation sites (tertiary alicyclic amines) is 1. The fourth-order valence-corrected chi connectivity index (χ4v) is 2.62. The molecular formula is C14H16N4O. The molecule has 2 aliphatic heterocycles. The molecule has 5 nitrogen and oxygen atoms in total. The standard InChI is InChI=1S/C14H16N4O/c15-14-16-12-9-18(7-6-11(12)13(19)17-14)8-10-4-2-1-3-5-10/h1-5,11H,6-9H2,(H2,15,17,19)/t11-/m1/s1. The smallest absolute Gasteiger partial charge is 0.257 e. The van der Waals surface area contributed by atoms with E-state index in [4.69, 9.17) is 5.73 Å². The Balaban J connectivity index is 1.72. The van der Waals surface area contributed by atoms with Crippen molar-refractivity contribution in [1.82, 2.24) is 4.90 Å². The molecule has 1 amide bonds. The Bertz CT molecular complexity index is 550. The van der Waals surface area contributed by atoms with E-state index in [0.29, 0.717) is 6.54 Å². The Labute approximate surface area is 111 Å². The monoisotopic (exact) mass is 256 g/mol. The molecule has 2 N–H and O–H groups in total. The second kappa shape index (κ2) is 4.93. The molecule has 3 rings (SSSR count). The van der Waals surface area contributed by atoms with E-state index >= 15 is 0 Å². The molecule has 98 valence electrons. The van der Waals surface area contributed by atoms with E-state index in [9.17, 15) is 4.79 Å². The van der Waals surface area contributed by atoms with Gasteiger partial charge in [-0.25, -0.2) is 4.99 Å². The Hall–Kier alpha value is -2.01. The van der Waals surface area contributed by atoms with Crippen LogP contribution in [0.4, 0.5) is 0 Å². The number of rotatable bonds is 2. The molecule has 0 spiro atoms. The predicted octanol–water partition coefficient (Wildman–Crippen LogP) is 0.804. The van der Waals surface area contributed by atoms with E-state index in [2.05, 4.69) is 27.0 Å². The molecule has 0 unspecified atom stereocenters. The minimum atomic E-state index is -0.153. The maximum absolute atomic E-state index is 11.7. The van der Waals surface area contributed by atoms with E-state index in [1.807, 2.05) is 18.2 Å². The Morgan fingerprint density at radius 2 is 2.05 bits per heavy atom. The number of fused-ring (bicyclic) bond motifs is 1. The minimum absolute atomic E-state index is 0.0952. The van der Waals surface area contributed by atoms with Crippen molar-refractivity contribution in [3.05, 3.63) is 35.9 Å². The number of aliphatic imine (C=N–C) groups is 2. The van der Waals surface area contributed by atoms with Gasteiger partial charge in [0.15, 0.2) is 0 Å². The molecule has 1 saturated heterocycles. The van der Waals surface area contributed by atoms with Gasteiger partial charge in [-0.3, -0.25) is 9.69 Å². The second-order valence-electron chi connectivity index (χ2n) is 4.95. The first kappa shape index (κ1) is 12.0. The quantitative estimate of drug-likeness (QED) is 0.851. The fourth-order valence-electron chi connectivity index (χ4n) is 2.62. The third kappa shape index (κ3) is 2.56. The highest BCUT2D eigenvalue weighted by Gasteiger charge is 2.33. The third-order valence-corrected chi connectivity index (χ3v) is 3.55. The maximum atomic E-state index is 11.7. The molecule has 5 heteroatoms. The average Bonchev–Trinajstić information content (AvgIpc) is 2.39. The summed E-state index contributed by atoms with van der Waals surface area (Å²) in [5.41, 5.74) is 7.68. The van der Waals surface area contributed by atoms with Crippen molar-refractivity contribution in [2.45, 2.75) is 13.0 Å². The highest BCUT2D eigenvalue weighted by Crippen LogP contribution is 2.21. The molecule has 0 aromatic heterocycles. The van der Waals surface area contributed by atoms with Crippen LogP contribution >= 0.6 is 0 Å². The molecule has 2 aliphatic rings. The SMILES string of the molecule is NC1=NC(=O)[C@@H]2CCN(Cc3ccccc3)CC2=N1. The van der Waals surface area contributed by atoms with E-state index < -0.39 is 0 Å². The normalized spacial score (nSPS) is 23.6. The number of piperidine rings is 1. The van der Waals surface area contributed by atoms with Crippen molar-refractivity contribution in [3.8, 4) is 0 Å². The van der Waals surface area contributed by atoms with Crippen LogP contribution in [0.3, 0.4) is 0 Å². The van der Waals surface area contributed by atoms with Gasteiger partial charge in [-0.2, -0.15) is 4.99 Å². The fraction of sp³-hybridized carbons (Fsp3) is 0.357. The van der Waals surface area contributed by atoms with Gasteiger partial charge in [0.1, 0.15) is 0 Å². The van der Waals surface area contributed by atoms with Crippen molar-refractivity contribution in [1.29, 1.82) is 0 Å². The van der Waals surface area contributed by atoms with Gasteiger partial charge in [-0.05, 0) is 12.0 Å². The number of guanidine groups is 1. The number of nitrogens with zero attached hydrogens (tertiary/aromatic N) is 3. The zero-order valence-corrected chi connectivity index (χ0v) is 10.6. The van der Waals surface area contributed by atoms with Gasteiger partial charge >= 0.3 is 0 Å². The summed E-state index contributed by atoms with van der Waals surface area (Å²) in [6.45, 7) is 2.46. The summed E-state index contributed by atoms with van der Waals surface area (Å²) in [5, 5.41) is 0. The highest BCUT2D eigenvalue weighted by molar-refractivity contribution is 6.16. The summed E-state index contributed by atoms with van der Waals surface area (Å²) in [6, 6.07) is 10.3. The molecular weight excluding hydrogens is 240 g/mol. The Kier molecular flexibility index (Phi) is 3.13. The van der Waals surface area contributed by atoms with Crippen LogP contribution < -0.4 is 5.73 Å². The second-order valence-corrected chi connectivity index (χ2v) is 4.95. The summed E-state index contributed by atoms with van der Waals surface area (Å²) in [7, 11) is 0. The summed E-state index contributed by atoms with van der Waals surface area (Å²) in [4.78, 5) is 22.0. The van der Waals surface area contributed by atoms with Crippen LogP contribution in [0, 0.1) is 5.92 Å². The zero-order chi connectivity index (χ0) is 13.2. The van der Waals surface area contributed by atoms with Crippen molar-refractivity contribution in [3.63, 3.8) is 0 Å². The summed E-state index contributed by atoms with van der Waals surface area (Å²) in [6.07, 6.45) is 0.779. The maximum Gasteiger partial charge on any atom is 0.257 e. The first-order chi connectivity index (χ1) is 9.22. The Morgan fingerprint density at radius 3 is 2.84 bits per heavy atom. The first-order valence-corrected chi connectivity index (χ1v) is 6.44. The van der Waals surface area contributed by atoms with Gasteiger partial charge in [0.25, 0.3) is 5.91 Å². The molecule has 0 saturated carbocycles. The molecule has 1 aromatic rings. The lowest BCUT2D eigenvalue weighted by Gasteiger charge is -2.33. The zero-order valence-electron chi connectivity index (χ0n) is 10.6. The van der Waals surface area contributed by atoms with Gasteiger partial charge in [0.2, 0.25) is 5.96 Å². The lowest BCUT2D eigenvalue weighted by molar-refractivity contribution is -0.120. The van der Waals surface area contributed by atoms with Crippen LogP contribution in [-0.4, -0.2) is 35.6 Å². The number of carbonyl (C=O) groups is 1. The van der Waals surface area contributed by atoms with Crippen LogP contribution in [0.2, 0.25) is 0 Å². The van der Waals surface area contributed by atoms with Gasteiger partial charge in [-0.1, -0.05) is 30.3 Å². The predicted molar refractivity (Wildman–Crippen MR) is 73.9 cm³/mol. The summed E-state index contributed by atoms with van der Waals surface area (Å²) < 4.78 is 0. The molecule has 1 fully saturated rings. The first-order valence-electron chi connectivity index (χ1n) is 6.44. The Morgan fingerprint density at radius 1 is 1.26 bits per heavy atom. The van der Waals surface area contributed by atoms with Crippen LogP contribution in [-0.2, 0) is 11.3 Å². The highest BCUT2D eigenvalue weighted by atomic mass is 16.1. The summed E-state index contributed by atoms with van der Waals surface area (Å²) >= 11 is 0. The number of amides is 1. The van der Waals surface area contributed by atoms with Crippen molar-refractivity contribution in [2.75, 3.05) is 13.1 Å². The third-order valence-electron chi connectivity index (χ3n) is 3.55. The van der Waals surface area contributed by atoms with Crippen LogP contribution in [0.5, 0.6) is 0 Å². The lowest BCUT2D eigenvalue weighted by atomic mass is 9.92. The van der Waals surface area contributed by atoms with Crippen LogP contribution in [0.25, 0.3) is 0 Å². The van der Waals surface area contributed by atoms with E-state index in [1.54, 1.807) is 0 Å². The van der Waals surface area contributed by atoms with E-state index in [0.717, 1.165) is 25.2 Å². The van der Waals surface area contributed by atoms with Crippen molar-refractivity contribution < 1.29 is 4.79 Å². The molecule has 2 heterocycles. The number of hydrogen-bond donors (Lipinski definition) is 1. The van der Waals surface area contributed by atoms with Gasteiger partial charge in [0, 0.05) is 25.3 Å². The number of benzene rings is 1. The number of carbonyl (C=O) groups excluding carboxylic acids is 1. The van der Waals surface area contributed by atoms with Crippen molar-refractivity contribution in [2.24, 2.45) is 21.6 Å². The van der Waals surface area contributed by atoms with Crippen LogP contribution in [0.1, 0.15) is 12.0 Å². The van der Waals surface area contributed by atoms with Gasteiger partial charge in [0.05, 0.1) is 5.92 Å². The minimum Gasteiger partial charge on any atom is -0.368 e. The largest absolute Gasteiger partial charge is 0.368 e. The average molecular weight is 256 g/mol.